The highest BCUT2D eigenvalue weighted by Gasteiger charge is 2.50. The molecule has 3 rings (SSSR count). The average molecular weight is 371 g/mol. The molecule has 0 aliphatic carbocycles. The van der Waals surface area contributed by atoms with E-state index in [0.29, 0.717) is 22.1 Å². The lowest BCUT2D eigenvalue weighted by Crippen LogP contribution is -2.44. The zero-order valence-corrected chi connectivity index (χ0v) is 13.5. The topological polar surface area (TPSA) is 91.9 Å². The maximum Gasteiger partial charge on any atom is 0.511 e. The van der Waals surface area contributed by atoms with Gasteiger partial charge in [-0.2, -0.15) is 27.8 Å². The Morgan fingerprint density at radius 1 is 1.28 bits per heavy atom. The van der Waals surface area contributed by atoms with Crippen LogP contribution in [0, 0.1) is 11.3 Å². The number of alkyl halides is 3. The zero-order valence-electron chi connectivity index (χ0n) is 12.7. The predicted molar refractivity (Wildman–Crippen MR) is 79.4 cm³/mol. The van der Waals surface area contributed by atoms with Gasteiger partial charge in [0.05, 0.1) is 24.7 Å². The molecule has 0 fully saturated rings. The molecule has 7 nitrogen and oxygen atoms in total. The second-order valence-electron chi connectivity index (χ2n) is 5.44. The standard InChI is InChI=1S/C14H12F3N5O2S/c15-14(16,17)25(23,24)21-4-5-22-13(9-21)19-12(20-22)7-10-2-1-3-11(6-10)8-18/h1-3,6H,4-5,7,9H2. The molecule has 0 atom stereocenters. The number of nitrogens with zero attached hydrogens (tertiary/aromatic N) is 5. The summed E-state index contributed by atoms with van der Waals surface area (Å²) in [5.74, 6) is 0.516. The lowest BCUT2D eigenvalue weighted by molar-refractivity contribution is -0.0496. The molecule has 0 amide bonds. The largest absolute Gasteiger partial charge is 0.511 e. The second kappa shape index (κ2) is 6.12. The van der Waals surface area contributed by atoms with Crippen LogP contribution in [-0.2, 0) is 29.5 Å². The molecule has 0 unspecified atom stereocenters. The summed E-state index contributed by atoms with van der Waals surface area (Å²) >= 11 is 0. The Kier molecular flexibility index (Phi) is 4.26. The molecule has 0 saturated carbocycles. The summed E-state index contributed by atoms with van der Waals surface area (Å²) in [4.78, 5) is 4.14. The van der Waals surface area contributed by atoms with E-state index in [2.05, 4.69) is 10.1 Å². The molecule has 132 valence electrons. The van der Waals surface area contributed by atoms with E-state index < -0.39 is 22.1 Å². The van der Waals surface area contributed by atoms with E-state index in [-0.39, 0.29) is 18.9 Å². The summed E-state index contributed by atoms with van der Waals surface area (Å²) in [6.45, 7) is -0.801. The normalized spacial score (nSPS) is 15.6. The van der Waals surface area contributed by atoms with Gasteiger partial charge >= 0.3 is 15.5 Å². The van der Waals surface area contributed by atoms with Gasteiger partial charge in [-0.15, -0.1) is 0 Å². The van der Waals surface area contributed by atoms with Crippen molar-refractivity contribution in [3.05, 3.63) is 47.0 Å². The summed E-state index contributed by atoms with van der Waals surface area (Å²) in [5, 5.41) is 13.1. The zero-order chi connectivity index (χ0) is 18.2. The monoisotopic (exact) mass is 371 g/mol. The molecule has 1 aliphatic heterocycles. The fraction of sp³-hybridized carbons (Fsp3) is 0.357. The van der Waals surface area contributed by atoms with E-state index in [4.69, 9.17) is 5.26 Å². The van der Waals surface area contributed by atoms with Crippen molar-refractivity contribution >= 4 is 10.0 Å². The molecule has 0 bridgehead atoms. The van der Waals surface area contributed by atoms with Crippen LogP contribution in [0.4, 0.5) is 13.2 Å². The van der Waals surface area contributed by atoms with Crippen LogP contribution in [-0.4, -0.2) is 39.5 Å². The Bertz CT molecular complexity index is 946. The Balaban J connectivity index is 1.81. The molecule has 1 aromatic carbocycles. The van der Waals surface area contributed by atoms with Crippen LogP contribution in [0.2, 0.25) is 0 Å². The molecule has 25 heavy (non-hydrogen) atoms. The van der Waals surface area contributed by atoms with Crippen molar-refractivity contribution in [2.75, 3.05) is 6.54 Å². The minimum atomic E-state index is -5.38. The number of nitriles is 1. The lowest BCUT2D eigenvalue weighted by Gasteiger charge is -2.26. The van der Waals surface area contributed by atoms with Gasteiger partial charge in [-0.3, -0.25) is 0 Å². The van der Waals surface area contributed by atoms with Gasteiger partial charge in [-0.1, -0.05) is 12.1 Å². The van der Waals surface area contributed by atoms with Crippen LogP contribution in [0.15, 0.2) is 24.3 Å². The summed E-state index contributed by atoms with van der Waals surface area (Å²) < 4.78 is 62.7. The molecule has 0 saturated heterocycles. The number of sulfonamides is 1. The van der Waals surface area contributed by atoms with Crippen LogP contribution >= 0.6 is 0 Å². The third kappa shape index (κ3) is 3.35. The maximum atomic E-state index is 12.7. The van der Waals surface area contributed by atoms with Crippen molar-refractivity contribution in [2.45, 2.75) is 25.0 Å². The van der Waals surface area contributed by atoms with Gasteiger partial charge in [0.2, 0.25) is 0 Å². The molecular formula is C14H12F3N5O2S. The van der Waals surface area contributed by atoms with E-state index in [1.165, 1.54) is 4.68 Å². The van der Waals surface area contributed by atoms with E-state index in [1.54, 1.807) is 24.3 Å². The van der Waals surface area contributed by atoms with E-state index in [1.807, 2.05) is 6.07 Å². The average Bonchev–Trinajstić information content (AvgIpc) is 2.95. The maximum absolute atomic E-state index is 12.7. The number of hydrogen-bond acceptors (Lipinski definition) is 5. The van der Waals surface area contributed by atoms with Crippen molar-refractivity contribution in [1.82, 2.24) is 19.1 Å². The highest BCUT2D eigenvalue weighted by molar-refractivity contribution is 7.89. The molecule has 2 aromatic rings. The van der Waals surface area contributed by atoms with Gasteiger partial charge in [0.1, 0.15) is 5.82 Å². The van der Waals surface area contributed by atoms with E-state index in [0.717, 1.165) is 5.56 Å². The van der Waals surface area contributed by atoms with E-state index >= 15 is 0 Å². The summed E-state index contributed by atoms with van der Waals surface area (Å²) in [7, 11) is -5.38. The number of rotatable bonds is 3. The number of halogens is 3. The molecule has 2 heterocycles. The molecule has 11 heteroatoms. The first-order valence-corrected chi connectivity index (χ1v) is 8.63. The van der Waals surface area contributed by atoms with Gasteiger partial charge in [-0.05, 0) is 17.7 Å². The van der Waals surface area contributed by atoms with E-state index in [9.17, 15) is 21.6 Å². The number of aromatic nitrogens is 3. The fourth-order valence-corrected chi connectivity index (χ4v) is 3.43. The van der Waals surface area contributed by atoms with Gasteiger partial charge in [0.15, 0.2) is 5.82 Å². The summed E-state index contributed by atoms with van der Waals surface area (Å²) in [5.41, 5.74) is -4.08. The van der Waals surface area contributed by atoms with Crippen molar-refractivity contribution in [1.29, 1.82) is 5.26 Å². The lowest BCUT2D eigenvalue weighted by atomic mass is 10.1. The van der Waals surface area contributed by atoms with Crippen molar-refractivity contribution < 1.29 is 21.6 Å². The van der Waals surface area contributed by atoms with Gasteiger partial charge in [0.25, 0.3) is 0 Å². The second-order valence-corrected chi connectivity index (χ2v) is 7.37. The first kappa shape index (κ1) is 17.4. The Morgan fingerprint density at radius 2 is 2.04 bits per heavy atom. The fourth-order valence-electron chi connectivity index (χ4n) is 2.53. The van der Waals surface area contributed by atoms with Gasteiger partial charge in [0, 0.05) is 13.0 Å². The predicted octanol–water partition coefficient (Wildman–Crippen LogP) is 1.41. The van der Waals surface area contributed by atoms with Crippen molar-refractivity contribution in [3.8, 4) is 6.07 Å². The van der Waals surface area contributed by atoms with Crippen molar-refractivity contribution in [2.24, 2.45) is 0 Å². The minimum Gasteiger partial charge on any atom is -0.247 e. The number of hydrogen-bond donors (Lipinski definition) is 0. The minimum absolute atomic E-state index is 0.00409. The Hall–Kier alpha value is -2.45. The highest BCUT2D eigenvalue weighted by Crippen LogP contribution is 2.29. The molecule has 1 aliphatic rings. The number of fused-ring (bicyclic) bond motifs is 1. The van der Waals surface area contributed by atoms with Gasteiger partial charge in [-0.25, -0.2) is 18.1 Å². The van der Waals surface area contributed by atoms with Gasteiger partial charge < -0.3 is 0 Å². The number of benzene rings is 1. The molecule has 0 N–H and O–H groups in total. The molecule has 0 spiro atoms. The summed E-state index contributed by atoms with van der Waals surface area (Å²) in [6, 6.07) is 8.82. The SMILES string of the molecule is N#Cc1cccc(Cc2nc3n(n2)CCN(S(=O)(=O)C(F)(F)F)C3)c1. The third-order valence-corrected chi connectivity index (χ3v) is 5.30. The molecular weight excluding hydrogens is 359 g/mol. The van der Waals surface area contributed by atoms with Crippen LogP contribution in [0.1, 0.15) is 22.8 Å². The smallest absolute Gasteiger partial charge is 0.247 e. The summed E-state index contributed by atoms with van der Waals surface area (Å²) in [6.07, 6.45) is 0.293. The van der Waals surface area contributed by atoms with Crippen LogP contribution in [0.25, 0.3) is 0 Å². The van der Waals surface area contributed by atoms with Crippen LogP contribution < -0.4 is 0 Å². The quantitative estimate of drug-likeness (QED) is 0.813. The molecule has 1 aromatic heterocycles. The third-order valence-electron chi connectivity index (χ3n) is 3.72. The van der Waals surface area contributed by atoms with Crippen LogP contribution in [0.5, 0.6) is 0 Å². The van der Waals surface area contributed by atoms with Crippen LogP contribution in [0.3, 0.4) is 0 Å². The Morgan fingerprint density at radius 3 is 2.72 bits per heavy atom. The van der Waals surface area contributed by atoms with Crippen molar-refractivity contribution in [3.63, 3.8) is 0 Å². The highest BCUT2D eigenvalue weighted by atomic mass is 32.2. The Labute approximate surface area is 141 Å². The molecule has 0 radical (unpaired) electrons. The first-order chi connectivity index (χ1) is 11.7. The first-order valence-electron chi connectivity index (χ1n) is 7.19.